The average molecular weight is 410 g/mol. The van der Waals surface area contributed by atoms with Gasteiger partial charge in [0.25, 0.3) is 5.91 Å². The van der Waals surface area contributed by atoms with Crippen molar-refractivity contribution in [2.45, 2.75) is 19.0 Å². The zero-order valence-corrected chi connectivity index (χ0v) is 15.7. The maximum atomic E-state index is 12.8. The van der Waals surface area contributed by atoms with Crippen LogP contribution in [0.4, 0.5) is 18.9 Å². The van der Waals surface area contributed by atoms with Gasteiger partial charge in [-0.2, -0.15) is 18.3 Å². The van der Waals surface area contributed by atoms with Crippen LogP contribution in [0.1, 0.15) is 28.8 Å². The van der Waals surface area contributed by atoms with E-state index in [4.69, 9.17) is 11.6 Å². The van der Waals surface area contributed by atoms with Gasteiger partial charge < -0.3 is 4.90 Å². The highest BCUT2D eigenvalue weighted by Gasteiger charge is 2.41. The largest absolute Gasteiger partial charge is 0.391 e. The molecule has 0 saturated carbocycles. The molecular formula is C20H19ClF3N3O. The van der Waals surface area contributed by atoms with Crippen LogP contribution in [0.25, 0.3) is 0 Å². The van der Waals surface area contributed by atoms with E-state index in [-0.39, 0.29) is 18.7 Å². The highest BCUT2D eigenvalue weighted by Crippen LogP contribution is 2.35. The predicted molar refractivity (Wildman–Crippen MR) is 104 cm³/mol. The molecule has 1 aliphatic rings. The molecule has 0 unspecified atom stereocenters. The second-order valence-electron chi connectivity index (χ2n) is 6.60. The lowest BCUT2D eigenvalue weighted by molar-refractivity contribution is -0.179. The number of alkyl halides is 3. The molecule has 8 heteroatoms. The second-order valence-corrected chi connectivity index (χ2v) is 7.04. The number of nitrogens with zero attached hydrogens (tertiary/aromatic N) is 2. The zero-order valence-electron chi connectivity index (χ0n) is 14.9. The number of hydrogen-bond donors (Lipinski definition) is 1. The second kappa shape index (κ2) is 8.65. The number of piperidine rings is 1. The molecule has 0 radical (unpaired) electrons. The quantitative estimate of drug-likeness (QED) is 0.577. The standard InChI is InChI=1S/C20H19ClF3N3O/c21-17-5-3-15(4-6-17)19(28)26-25-13-14-1-7-18(8-2-14)27-11-9-16(10-12-27)20(22,23)24/h1-8,13,16H,9-12H2,(H,26,28). The van der Waals surface area contributed by atoms with E-state index in [1.165, 1.54) is 6.21 Å². The van der Waals surface area contributed by atoms with Crippen LogP contribution >= 0.6 is 11.6 Å². The van der Waals surface area contributed by atoms with Gasteiger partial charge in [0.15, 0.2) is 0 Å². The fourth-order valence-corrected chi connectivity index (χ4v) is 3.19. The number of amides is 1. The molecule has 2 aromatic rings. The Balaban J connectivity index is 1.52. The smallest absolute Gasteiger partial charge is 0.372 e. The summed E-state index contributed by atoms with van der Waals surface area (Å²) in [6.45, 7) is 0.767. The van der Waals surface area contributed by atoms with E-state index in [1.807, 2.05) is 29.2 Å². The SMILES string of the molecule is O=C(NN=Cc1ccc(N2CCC(C(F)(F)F)CC2)cc1)c1ccc(Cl)cc1. The fraction of sp³-hybridized carbons (Fsp3) is 0.300. The molecule has 0 atom stereocenters. The van der Waals surface area contributed by atoms with E-state index in [0.717, 1.165) is 11.3 Å². The first-order chi connectivity index (χ1) is 13.3. The summed E-state index contributed by atoms with van der Waals surface area (Å²) in [5.41, 5.74) is 4.52. The van der Waals surface area contributed by atoms with Crippen LogP contribution in [0.3, 0.4) is 0 Å². The lowest BCUT2D eigenvalue weighted by Crippen LogP contribution is -2.38. The molecule has 3 rings (SSSR count). The summed E-state index contributed by atoms with van der Waals surface area (Å²) < 4.78 is 38.3. The highest BCUT2D eigenvalue weighted by molar-refractivity contribution is 6.30. The van der Waals surface area contributed by atoms with Crippen molar-refractivity contribution in [2.24, 2.45) is 11.0 Å². The molecular weight excluding hydrogens is 391 g/mol. The third kappa shape index (κ3) is 5.25. The van der Waals surface area contributed by atoms with Crippen molar-refractivity contribution < 1.29 is 18.0 Å². The third-order valence-electron chi connectivity index (χ3n) is 4.70. The van der Waals surface area contributed by atoms with Crippen LogP contribution in [-0.4, -0.2) is 31.4 Å². The summed E-state index contributed by atoms with van der Waals surface area (Å²) in [4.78, 5) is 13.9. The number of hydrogen-bond acceptors (Lipinski definition) is 3. The number of carbonyl (C=O) groups excluding carboxylic acids is 1. The summed E-state index contributed by atoms with van der Waals surface area (Å²) in [7, 11) is 0. The summed E-state index contributed by atoms with van der Waals surface area (Å²) in [6, 6.07) is 13.7. The highest BCUT2D eigenvalue weighted by atomic mass is 35.5. The molecule has 1 heterocycles. The normalized spacial score (nSPS) is 15.8. The van der Waals surface area contributed by atoms with E-state index in [9.17, 15) is 18.0 Å². The number of halogens is 4. The van der Waals surface area contributed by atoms with Crippen LogP contribution < -0.4 is 10.3 Å². The van der Waals surface area contributed by atoms with Crippen molar-refractivity contribution in [3.8, 4) is 0 Å². The Bertz CT molecular complexity index is 827. The van der Waals surface area contributed by atoms with E-state index in [1.54, 1.807) is 24.3 Å². The number of carbonyl (C=O) groups is 1. The molecule has 0 bridgehead atoms. The first-order valence-corrected chi connectivity index (χ1v) is 9.21. The van der Waals surface area contributed by atoms with Gasteiger partial charge in [0.05, 0.1) is 12.1 Å². The van der Waals surface area contributed by atoms with Crippen LogP contribution in [-0.2, 0) is 0 Å². The van der Waals surface area contributed by atoms with E-state index in [2.05, 4.69) is 10.5 Å². The fourth-order valence-electron chi connectivity index (χ4n) is 3.07. The van der Waals surface area contributed by atoms with Gasteiger partial charge in [-0.3, -0.25) is 4.79 Å². The molecule has 0 spiro atoms. The van der Waals surface area contributed by atoms with Crippen molar-refractivity contribution >= 4 is 29.4 Å². The van der Waals surface area contributed by atoms with Crippen molar-refractivity contribution in [3.05, 3.63) is 64.7 Å². The van der Waals surface area contributed by atoms with Crippen molar-refractivity contribution in [1.29, 1.82) is 0 Å². The monoisotopic (exact) mass is 409 g/mol. The van der Waals surface area contributed by atoms with Gasteiger partial charge >= 0.3 is 6.18 Å². The first-order valence-electron chi connectivity index (χ1n) is 8.83. The zero-order chi connectivity index (χ0) is 20.1. The van der Waals surface area contributed by atoms with Gasteiger partial charge in [-0.25, -0.2) is 5.43 Å². The molecule has 1 aliphatic heterocycles. The minimum absolute atomic E-state index is 0.115. The molecule has 1 amide bonds. The van der Waals surface area contributed by atoms with Crippen molar-refractivity contribution in [2.75, 3.05) is 18.0 Å². The van der Waals surface area contributed by atoms with Crippen LogP contribution in [0.15, 0.2) is 53.6 Å². The van der Waals surface area contributed by atoms with Crippen LogP contribution in [0, 0.1) is 5.92 Å². The number of nitrogens with one attached hydrogen (secondary N) is 1. The molecule has 4 nitrogen and oxygen atoms in total. The lowest BCUT2D eigenvalue weighted by Gasteiger charge is -2.34. The van der Waals surface area contributed by atoms with Gasteiger partial charge in [0, 0.05) is 29.4 Å². The molecule has 1 fully saturated rings. The Labute approximate surface area is 166 Å². The van der Waals surface area contributed by atoms with E-state index in [0.29, 0.717) is 23.7 Å². The number of benzene rings is 2. The summed E-state index contributed by atoms with van der Waals surface area (Å²) in [6.07, 6.45) is -2.37. The van der Waals surface area contributed by atoms with Crippen molar-refractivity contribution in [3.63, 3.8) is 0 Å². The van der Waals surface area contributed by atoms with Crippen LogP contribution in [0.2, 0.25) is 5.02 Å². The Morgan fingerprint density at radius 2 is 1.68 bits per heavy atom. The molecule has 1 saturated heterocycles. The molecule has 28 heavy (non-hydrogen) atoms. The van der Waals surface area contributed by atoms with Gasteiger partial charge in [0.2, 0.25) is 0 Å². The lowest BCUT2D eigenvalue weighted by atomic mass is 9.96. The van der Waals surface area contributed by atoms with Gasteiger partial charge in [0.1, 0.15) is 0 Å². The maximum absolute atomic E-state index is 12.8. The topological polar surface area (TPSA) is 44.7 Å². The first kappa shape index (κ1) is 20.2. The summed E-state index contributed by atoms with van der Waals surface area (Å²) in [5.74, 6) is -1.56. The van der Waals surface area contributed by atoms with Gasteiger partial charge in [-0.05, 0) is 54.8 Å². The van der Waals surface area contributed by atoms with E-state index < -0.39 is 12.1 Å². The molecule has 1 N–H and O–H groups in total. The Hall–Kier alpha value is -2.54. The molecule has 0 aromatic heterocycles. The summed E-state index contributed by atoms with van der Waals surface area (Å²) >= 11 is 5.78. The minimum Gasteiger partial charge on any atom is -0.372 e. The minimum atomic E-state index is -4.11. The average Bonchev–Trinajstić information content (AvgIpc) is 2.68. The third-order valence-corrected chi connectivity index (χ3v) is 4.95. The molecule has 148 valence electrons. The van der Waals surface area contributed by atoms with E-state index >= 15 is 0 Å². The number of anilines is 1. The maximum Gasteiger partial charge on any atom is 0.391 e. The van der Waals surface area contributed by atoms with Crippen LogP contribution in [0.5, 0.6) is 0 Å². The number of rotatable bonds is 4. The van der Waals surface area contributed by atoms with Crippen molar-refractivity contribution in [1.82, 2.24) is 5.43 Å². The van der Waals surface area contributed by atoms with Gasteiger partial charge in [-0.1, -0.05) is 23.7 Å². The molecule has 0 aliphatic carbocycles. The Morgan fingerprint density at radius 3 is 2.25 bits per heavy atom. The summed E-state index contributed by atoms with van der Waals surface area (Å²) in [5, 5.41) is 4.47. The van der Waals surface area contributed by atoms with Gasteiger partial charge in [-0.15, -0.1) is 0 Å². The Kier molecular flexibility index (Phi) is 6.24. The number of hydrazone groups is 1. The predicted octanol–water partition coefficient (Wildman–Crippen LogP) is 4.88. The Morgan fingerprint density at radius 1 is 1.07 bits per heavy atom. The molecule has 2 aromatic carbocycles.